The SMILES string of the molecule is CC.CC.CC(C)C.CC/C=C/C=C(Cl)\C=C(/C)CCC.CCC.C\C=C(C)/C(C(/C)=N/C=C/CC)=C(/C)N1CCNCC1. The van der Waals surface area contributed by atoms with Crippen LogP contribution in [-0.4, -0.2) is 36.8 Å². The Bertz CT molecular complexity index is 815. The Labute approximate surface area is 283 Å². The largest absolute Gasteiger partial charge is 0.372 e. The fourth-order valence-electron chi connectivity index (χ4n) is 3.52. The molecule has 1 fully saturated rings. The number of nitrogens with zero attached hydrogens (tertiary/aromatic N) is 2. The van der Waals surface area contributed by atoms with Crippen molar-refractivity contribution in [1.29, 1.82) is 0 Å². The summed E-state index contributed by atoms with van der Waals surface area (Å²) < 4.78 is 0. The van der Waals surface area contributed by atoms with E-state index in [0.29, 0.717) is 0 Å². The molecule has 0 amide bonds. The van der Waals surface area contributed by atoms with Crippen LogP contribution >= 0.6 is 11.6 Å². The maximum Gasteiger partial charge on any atom is 0.0464 e. The molecule has 1 heterocycles. The minimum atomic E-state index is 0.815. The Morgan fingerprint density at radius 2 is 1.34 bits per heavy atom. The molecule has 0 aliphatic carbocycles. The smallest absolute Gasteiger partial charge is 0.0464 e. The average molecular weight is 637 g/mol. The maximum absolute atomic E-state index is 5.98. The molecule has 4 heteroatoms. The standard InChI is InChI=1S/C17H29N3.C12H19Cl.C4H10.C3H8.2C2H6/c1-6-8-9-19-15(4)17(14(3)7-2)16(5)20-12-10-18-11-13-20;1-4-6-7-9-12(13)10-11(3)8-5-2;1-4(2)3;1-3-2;2*1-2/h7-9,18H,6,10-13H2,1-5H3;6-7,9-10H,4-5,8H2,1-3H3;4H,1-3H3;3H2,1-2H3;2*1-2H3/b9-8+,14-7-,17-16+,19-15+;7-6+,11-10+,12-9+;;;;. The number of piperazine rings is 1. The van der Waals surface area contributed by atoms with Gasteiger partial charge in [-0.1, -0.05) is 137 Å². The Balaban J connectivity index is -0.000000181. The highest BCUT2D eigenvalue weighted by Crippen LogP contribution is 2.20. The summed E-state index contributed by atoms with van der Waals surface area (Å²) in [5.41, 5.74) is 6.37. The van der Waals surface area contributed by atoms with E-state index < -0.39 is 0 Å². The highest BCUT2D eigenvalue weighted by atomic mass is 35.5. The molecular formula is C40H78ClN3. The van der Waals surface area contributed by atoms with Crippen molar-refractivity contribution in [2.75, 3.05) is 26.2 Å². The van der Waals surface area contributed by atoms with E-state index in [1.807, 2.05) is 52.1 Å². The second-order valence-electron chi connectivity index (χ2n) is 10.7. The predicted molar refractivity (Wildman–Crippen MR) is 210 cm³/mol. The Morgan fingerprint density at radius 3 is 1.75 bits per heavy atom. The molecule has 0 spiro atoms. The first-order valence-electron chi connectivity index (χ1n) is 17.7. The van der Waals surface area contributed by atoms with Crippen LogP contribution in [0.4, 0.5) is 0 Å². The van der Waals surface area contributed by atoms with Gasteiger partial charge in [-0.25, -0.2) is 0 Å². The van der Waals surface area contributed by atoms with Crippen molar-refractivity contribution in [3.8, 4) is 0 Å². The van der Waals surface area contributed by atoms with Crippen molar-refractivity contribution < 1.29 is 0 Å². The predicted octanol–water partition coefficient (Wildman–Crippen LogP) is 13.5. The minimum Gasteiger partial charge on any atom is -0.372 e. The summed E-state index contributed by atoms with van der Waals surface area (Å²) in [6, 6.07) is 0. The Kier molecular flexibility index (Phi) is 48.4. The molecule has 260 valence electrons. The molecular weight excluding hydrogens is 558 g/mol. The summed E-state index contributed by atoms with van der Waals surface area (Å²) in [7, 11) is 0. The molecule has 0 unspecified atom stereocenters. The van der Waals surface area contributed by atoms with Crippen molar-refractivity contribution in [3.05, 3.63) is 70.1 Å². The topological polar surface area (TPSA) is 27.6 Å². The second kappa shape index (κ2) is 41.2. The molecule has 0 aromatic heterocycles. The first kappa shape index (κ1) is 51.7. The summed E-state index contributed by atoms with van der Waals surface area (Å²) in [6.45, 7) is 40.1. The van der Waals surface area contributed by atoms with Crippen LogP contribution in [0.5, 0.6) is 0 Å². The maximum atomic E-state index is 5.98. The quantitative estimate of drug-likeness (QED) is 0.191. The van der Waals surface area contributed by atoms with Crippen LogP contribution in [0, 0.1) is 5.92 Å². The lowest BCUT2D eigenvalue weighted by atomic mass is 10.00. The van der Waals surface area contributed by atoms with Crippen LogP contribution < -0.4 is 5.32 Å². The normalized spacial score (nSPS) is 14.6. The van der Waals surface area contributed by atoms with Crippen molar-refractivity contribution in [2.24, 2.45) is 10.9 Å². The fraction of sp³-hybridized carbons (Fsp3) is 0.675. The van der Waals surface area contributed by atoms with Crippen LogP contribution in [0.2, 0.25) is 0 Å². The molecule has 1 saturated heterocycles. The lowest BCUT2D eigenvalue weighted by molar-refractivity contribution is 0.298. The molecule has 0 radical (unpaired) electrons. The minimum absolute atomic E-state index is 0.815. The van der Waals surface area contributed by atoms with Gasteiger partial charge in [0.25, 0.3) is 0 Å². The molecule has 1 aliphatic rings. The zero-order valence-corrected chi connectivity index (χ0v) is 33.5. The van der Waals surface area contributed by atoms with E-state index in [2.05, 4.69) is 123 Å². The third kappa shape index (κ3) is 36.4. The number of halogens is 1. The number of hydrogen-bond donors (Lipinski definition) is 1. The van der Waals surface area contributed by atoms with E-state index in [4.69, 9.17) is 11.6 Å². The summed E-state index contributed by atoms with van der Waals surface area (Å²) in [4.78, 5) is 7.05. The van der Waals surface area contributed by atoms with Gasteiger partial charge in [-0.3, -0.25) is 4.99 Å². The molecule has 3 nitrogen and oxygen atoms in total. The summed E-state index contributed by atoms with van der Waals surface area (Å²) in [5, 5.41) is 4.22. The first-order valence-corrected chi connectivity index (χ1v) is 18.0. The van der Waals surface area contributed by atoms with Gasteiger partial charge >= 0.3 is 0 Å². The number of nitrogens with one attached hydrogen (secondary N) is 1. The monoisotopic (exact) mass is 636 g/mol. The Morgan fingerprint density at radius 1 is 0.864 bits per heavy atom. The molecule has 0 bridgehead atoms. The third-order valence-corrected chi connectivity index (χ3v) is 5.64. The van der Waals surface area contributed by atoms with E-state index >= 15 is 0 Å². The van der Waals surface area contributed by atoms with E-state index in [1.165, 1.54) is 35.3 Å². The van der Waals surface area contributed by atoms with Gasteiger partial charge in [0.2, 0.25) is 0 Å². The van der Waals surface area contributed by atoms with Crippen LogP contribution in [-0.2, 0) is 0 Å². The highest BCUT2D eigenvalue weighted by Gasteiger charge is 2.16. The molecule has 0 aromatic carbocycles. The number of rotatable bonds is 10. The highest BCUT2D eigenvalue weighted by molar-refractivity contribution is 6.31. The van der Waals surface area contributed by atoms with Gasteiger partial charge < -0.3 is 10.2 Å². The fourth-order valence-corrected chi connectivity index (χ4v) is 3.77. The van der Waals surface area contributed by atoms with Crippen LogP contribution in [0.15, 0.2) is 75.1 Å². The van der Waals surface area contributed by atoms with Gasteiger partial charge in [0.05, 0.1) is 0 Å². The van der Waals surface area contributed by atoms with E-state index in [1.54, 1.807) is 0 Å². The summed E-state index contributed by atoms with van der Waals surface area (Å²) >= 11 is 5.98. The molecule has 1 N–H and O–H groups in total. The van der Waals surface area contributed by atoms with Crippen molar-refractivity contribution in [3.63, 3.8) is 0 Å². The van der Waals surface area contributed by atoms with Gasteiger partial charge in [0.15, 0.2) is 0 Å². The van der Waals surface area contributed by atoms with Gasteiger partial charge in [0, 0.05) is 54.4 Å². The van der Waals surface area contributed by atoms with Crippen LogP contribution in [0.25, 0.3) is 0 Å². The van der Waals surface area contributed by atoms with Gasteiger partial charge in [-0.15, -0.1) is 0 Å². The molecule has 0 aromatic rings. The molecule has 1 rings (SSSR count). The lowest BCUT2D eigenvalue weighted by Crippen LogP contribution is -2.43. The lowest BCUT2D eigenvalue weighted by Gasteiger charge is -2.32. The summed E-state index contributed by atoms with van der Waals surface area (Å²) in [5.74, 6) is 0.833. The van der Waals surface area contributed by atoms with Crippen molar-refractivity contribution in [2.45, 2.75) is 150 Å². The Hall–Kier alpha value is -1.84. The van der Waals surface area contributed by atoms with Crippen molar-refractivity contribution >= 4 is 17.3 Å². The van der Waals surface area contributed by atoms with Gasteiger partial charge in [-0.05, 0) is 77.5 Å². The molecule has 0 atom stereocenters. The first-order chi connectivity index (χ1) is 21.0. The van der Waals surface area contributed by atoms with E-state index in [-0.39, 0.29) is 0 Å². The number of aliphatic imine (C=N–C) groups is 1. The zero-order valence-electron chi connectivity index (χ0n) is 32.8. The zero-order chi connectivity index (χ0) is 35.3. The molecule has 44 heavy (non-hydrogen) atoms. The van der Waals surface area contributed by atoms with Crippen LogP contribution in [0.3, 0.4) is 0 Å². The number of hydrogen-bond acceptors (Lipinski definition) is 3. The van der Waals surface area contributed by atoms with Crippen LogP contribution in [0.1, 0.15) is 150 Å². The molecule has 1 aliphatic heterocycles. The molecule has 0 saturated carbocycles. The van der Waals surface area contributed by atoms with Gasteiger partial charge in [-0.2, -0.15) is 0 Å². The second-order valence-corrected chi connectivity index (χ2v) is 11.2. The third-order valence-electron chi connectivity index (χ3n) is 5.41. The van der Waals surface area contributed by atoms with E-state index in [0.717, 1.165) is 62.1 Å². The van der Waals surface area contributed by atoms with Gasteiger partial charge in [0.1, 0.15) is 0 Å². The van der Waals surface area contributed by atoms with Crippen molar-refractivity contribution in [1.82, 2.24) is 10.2 Å². The van der Waals surface area contributed by atoms with E-state index in [9.17, 15) is 0 Å². The number of allylic oxidation sites excluding steroid dienone is 11. The average Bonchev–Trinajstić information content (AvgIpc) is 3.00. The summed E-state index contributed by atoms with van der Waals surface area (Å²) in [6.07, 6.45) is 19.9.